The predicted molar refractivity (Wildman–Crippen MR) is 291 cm³/mol. The van der Waals surface area contributed by atoms with Crippen LogP contribution in [-0.2, 0) is 0 Å². The van der Waals surface area contributed by atoms with E-state index >= 15 is 0 Å². The molecule has 0 spiro atoms. The first-order valence-electron chi connectivity index (χ1n) is 23.6. The van der Waals surface area contributed by atoms with Crippen LogP contribution in [-0.4, -0.2) is 22.2 Å². The van der Waals surface area contributed by atoms with Gasteiger partial charge < -0.3 is 19.7 Å². The molecule has 0 aliphatic heterocycles. The Hall–Kier alpha value is -9.78. The normalized spacial score (nSPS) is 11.3. The van der Waals surface area contributed by atoms with E-state index < -0.39 is 11.9 Å². The van der Waals surface area contributed by atoms with E-state index in [9.17, 15) is 19.8 Å². The number of carbonyl (C=O) groups is 2. The average Bonchev–Trinajstić information content (AvgIpc) is 3.43. The Balaban J connectivity index is 1.07. The maximum Gasteiger partial charge on any atom is 0.336 e. The van der Waals surface area contributed by atoms with Gasteiger partial charge in [-0.25, -0.2) is 9.59 Å². The fraction of sp³-hybridized carbons (Fsp3) is 0. The van der Waals surface area contributed by atoms with Crippen LogP contribution in [0.2, 0.25) is 0 Å². The molecule has 6 nitrogen and oxygen atoms in total. The van der Waals surface area contributed by atoms with E-state index in [1.54, 1.807) is 36.4 Å². The van der Waals surface area contributed by atoms with E-state index in [0.29, 0.717) is 34.1 Å². The van der Waals surface area contributed by atoms with Gasteiger partial charge in [-0.05, 0) is 160 Å². The van der Waals surface area contributed by atoms with Crippen LogP contribution in [0.5, 0.6) is 23.0 Å². The standard InChI is InChI=1S/C66H42O6/c67-65(68)57-31-27-53(39-59(57)51-21-19-43-15-7-9-17-45(43)35-51)71-61-33-25-49-37-47(41-11-3-1-4-12-41)23-29-55(49)63(61)64-56-30-24-48(42-13-5-2-6-14-42)38-50(56)26-34-62(64)72-54-28-32-58(66(69)70)60(40-54)52-22-20-44-16-8-10-18-46(44)36-52/h1-40H,(H,67,68)(H,69,70). The van der Waals surface area contributed by atoms with Crippen molar-refractivity contribution in [2.45, 2.75) is 0 Å². The second-order valence-corrected chi connectivity index (χ2v) is 17.8. The summed E-state index contributed by atoms with van der Waals surface area (Å²) in [6.45, 7) is 0. The summed E-state index contributed by atoms with van der Waals surface area (Å²) in [6.07, 6.45) is 0. The molecule has 72 heavy (non-hydrogen) atoms. The van der Waals surface area contributed by atoms with Gasteiger partial charge in [-0.2, -0.15) is 0 Å². The van der Waals surface area contributed by atoms with Gasteiger partial charge in [-0.3, -0.25) is 0 Å². The summed E-state index contributed by atoms with van der Waals surface area (Å²) < 4.78 is 14.1. The van der Waals surface area contributed by atoms with Crippen molar-refractivity contribution in [3.8, 4) is 78.6 Å². The monoisotopic (exact) mass is 930 g/mol. The van der Waals surface area contributed by atoms with E-state index in [1.807, 2.05) is 133 Å². The number of fused-ring (bicyclic) bond motifs is 4. The summed E-state index contributed by atoms with van der Waals surface area (Å²) in [5.74, 6) is -0.156. The molecule has 0 fully saturated rings. The largest absolute Gasteiger partial charge is 0.478 e. The molecular weight excluding hydrogens is 889 g/mol. The molecule has 6 heteroatoms. The Morgan fingerprint density at radius 3 is 1.07 bits per heavy atom. The molecule has 0 bridgehead atoms. The molecule has 2 N–H and O–H groups in total. The molecule has 342 valence electrons. The van der Waals surface area contributed by atoms with Crippen molar-refractivity contribution in [1.29, 1.82) is 0 Å². The summed E-state index contributed by atoms with van der Waals surface area (Å²) >= 11 is 0. The van der Waals surface area contributed by atoms with Crippen molar-refractivity contribution in [1.82, 2.24) is 0 Å². The third-order valence-electron chi connectivity index (χ3n) is 13.4. The third-order valence-corrected chi connectivity index (χ3v) is 13.4. The molecule has 0 unspecified atom stereocenters. The Labute approximate surface area is 414 Å². The molecule has 12 rings (SSSR count). The lowest BCUT2D eigenvalue weighted by Crippen LogP contribution is -2.01. The Morgan fingerprint density at radius 2 is 0.653 bits per heavy atom. The van der Waals surface area contributed by atoms with Crippen LogP contribution in [0.4, 0.5) is 0 Å². The number of benzene rings is 12. The first kappa shape index (κ1) is 43.5. The van der Waals surface area contributed by atoms with E-state index in [2.05, 4.69) is 72.8 Å². The molecule has 0 amide bonds. The highest BCUT2D eigenvalue weighted by atomic mass is 16.5. The Bertz CT molecular complexity index is 3840. The SMILES string of the molecule is O=C(O)c1ccc(Oc2ccc3cc(-c4ccccc4)ccc3c2-c2c(Oc3ccc(C(=O)O)c(-c4ccc5ccccc5c4)c3)ccc3cc(-c4ccccc4)ccc23)cc1-c1ccc2ccccc2c1. The molecule has 0 aromatic heterocycles. The van der Waals surface area contributed by atoms with Gasteiger partial charge in [-0.1, -0.05) is 170 Å². The lowest BCUT2D eigenvalue weighted by molar-refractivity contribution is 0.0687. The quantitative estimate of drug-likeness (QED) is 0.134. The second-order valence-electron chi connectivity index (χ2n) is 17.8. The fourth-order valence-corrected chi connectivity index (χ4v) is 9.92. The number of hydrogen-bond acceptors (Lipinski definition) is 4. The van der Waals surface area contributed by atoms with Crippen LogP contribution < -0.4 is 9.47 Å². The second kappa shape index (κ2) is 18.3. The van der Waals surface area contributed by atoms with Crippen molar-refractivity contribution in [3.05, 3.63) is 254 Å². The highest BCUT2D eigenvalue weighted by molar-refractivity contribution is 6.11. The third kappa shape index (κ3) is 8.23. The van der Waals surface area contributed by atoms with Gasteiger partial charge in [0.1, 0.15) is 23.0 Å². The molecule has 0 aliphatic rings. The maximum absolute atomic E-state index is 12.8. The summed E-state index contributed by atoms with van der Waals surface area (Å²) in [5.41, 5.74) is 8.62. The topological polar surface area (TPSA) is 93.1 Å². The molecule has 0 aliphatic carbocycles. The number of carboxylic acids is 2. The first-order chi connectivity index (χ1) is 35.3. The molecule has 0 heterocycles. The molecule has 12 aromatic carbocycles. The van der Waals surface area contributed by atoms with Crippen LogP contribution >= 0.6 is 0 Å². The zero-order valence-corrected chi connectivity index (χ0v) is 38.6. The zero-order chi connectivity index (χ0) is 48.7. The maximum atomic E-state index is 12.8. The summed E-state index contributed by atoms with van der Waals surface area (Å²) in [5, 5.41) is 28.7. The number of carboxylic acid groups (broad SMARTS) is 2. The van der Waals surface area contributed by atoms with E-state index in [4.69, 9.17) is 9.47 Å². The zero-order valence-electron chi connectivity index (χ0n) is 38.6. The van der Waals surface area contributed by atoms with E-state index in [1.165, 1.54) is 0 Å². The Kier molecular flexibility index (Phi) is 11.0. The molecule has 0 saturated carbocycles. The highest BCUT2D eigenvalue weighted by Crippen LogP contribution is 2.49. The summed E-state index contributed by atoms with van der Waals surface area (Å²) in [7, 11) is 0. The first-order valence-corrected chi connectivity index (χ1v) is 23.6. The number of aromatic carboxylic acids is 2. The Morgan fingerprint density at radius 1 is 0.292 bits per heavy atom. The van der Waals surface area contributed by atoms with Gasteiger partial charge in [0.15, 0.2) is 0 Å². The van der Waals surface area contributed by atoms with Gasteiger partial charge in [0.2, 0.25) is 0 Å². The average molecular weight is 931 g/mol. The van der Waals surface area contributed by atoms with Crippen molar-refractivity contribution in [2.24, 2.45) is 0 Å². The molecule has 12 aromatic rings. The lowest BCUT2D eigenvalue weighted by Gasteiger charge is -2.21. The van der Waals surface area contributed by atoms with Crippen LogP contribution in [0.15, 0.2) is 243 Å². The van der Waals surface area contributed by atoms with Gasteiger partial charge in [0.25, 0.3) is 0 Å². The summed E-state index contributed by atoms with van der Waals surface area (Å²) in [6, 6.07) is 79.4. The number of ether oxygens (including phenoxy) is 2. The smallest absolute Gasteiger partial charge is 0.336 e. The van der Waals surface area contributed by atoms with E-state index in [-0.39, 0.29) is 11.1 Å². The number of hydrogen-bond donors (Lipinski definition) is 2. The minimum absolute atomic E-state index is 0.153. The van der Waals surface area contributed by atoms with Crippen molar-refractivity contribution in [2.75, 3.05) is 0 Å². The number of rotatable bonds is 11. The van der Waals surface area contributed by atoms with Crippen molar-refractivity contribution in [3.63, 3.8) is 0 Å². The van der Waals surface area contributed by atoms with Crippen LogP contribution in [0.3, 0.4) is 0 Å². The minimum Gasteiger partial charge on any atom is -0.478 e. The van der Waals surface area contributed by atoms with Gasteiger partial charge in [0.05, 0.1) is 11.1 Å². The van der Waals surface area contributed by atoms with Crippen LogP contribution in [0, 0.1) is 0 Å². The molecular formula is C66H42O6. The van der Waals surface area contributed by atoms with Gasteiger partial charge in [-0.15, -0.1) is 0 Å². The van der Waals surface area contributed by atoms with Crippen molar-refractivity contribution < 1.29 is 29.3 Å². The molecule has 0 atom stereocenters. The molecule has 0 radical (unpaired) electrons. The van der Waals surface area contributed by atoms with Gasteiger partial charge in [0, 0.05) is 11.1 Å². The van der Waals surface area contributed by atoms with E-state index in [0.717, 1.165) is 87.6 Å². The minimum atomic E-state index is -1.04. The predicted octanol–water partition coefficient (Wildman–Crippen LogP) is 17.6. The lowest BCUT2D eigenvalue weighted by atomic mass is 9.90. The van der Waals surface area contributed by atoms with Crippen molar-refractivity contribution >= 4 is 55.0 Å². The summed E-state index contributed by atoms with van der Waals surface area (Å²) in [4.78, 5) is 25.6. The van der Waals surface area contributed by atoms with Gasteiger partial charge >= 0.3 is 11.9 Å². The fourth-order valence-electron chi connectivity index (χ4n) is 9.92. The van der Waals surface area contributed by atoms with Crippen LogP contribution in [0.1, 0.15) is 20.7 Å². The van der Waals surface area contributed by atoms with Crippen LogP contribution in [0.25, 0.3) is 98.7 Å². The highest BCUT2D eigenvalue weighted by Gasteiger charge is 2.23. The molecule has 0 saturated heterocycles.